The number of amides is 1. The number of hydrogen-bond acceptors (Lipinski definition) is 4. The summed E-state index contributed by atoms with van der Waals surface area (Å²) in [5.41, 5.74) is -0.735. The van der Waals surface area contributed by atoms with Gasteiger partial charge in [0, 0.05) is 0 Å². The van der Waals surface area contributed by atoms with Gasteiger partial charge in [0.1, 0.15) is 4.90 Å². The van der Waals surface area contributed by atoms with Crippen LogP contribution in [0.15, 0.2) is 29.2 Å². The van der Waals surface area contributed by atoms with Crippen molar-refractivity contribution in [1.82, 2.24) is 3.71 Å². The Hall–Kier alpha value is -1.64. The van der Waals surface area contributed by atoms with E-state index in [-0.39, 0.29) is 0 Å². The van der Waals surface area contributed by atoms with Crippen LogP contribution in [-0.4, -0.2) is 41.3 Å². The summed E-state index contributed by atoms with van der Waals surface area (Å²) < 4.78 is 138. The lowest BCUT2D eigenvalue weighted by Crippen LogP contribution is -2.60. The number of benzene rings is 1. The average molecular weight is 433 g/mol. The quantitative estimate of drug-likeness (QED) is 0.534. The maximum absolute atomic E-state index is 13.6. The van der Waals surface area contributed by atoms with Gasteiger partial charge in [-0.3, -0.25) is 4.79 Å². The largest absolute Gasteiger partial charge is 0.460 e. The van der Waals surface area contributed by atoms with Crippen molar-refractivity contribution < 1.29 is 52.7 Å². The SMILES string of the molecule is O=C1c2ccccc2S(=O)(=O)N1SC(F)(F)C(F)(F)C(F)(F)C(F)(F)F. The summed E-state index contributed by atoms with van der Waals surface area (Å²) >= 11 is -1.94. The minimum absolute atomic E-state index is 0.735. The van der Waals surface area contributed by atoms with Gasteiger partial charge < -0.3 is 0 Å². The van der Waals surface area contributed by atoms with E-state index in [1.165, 1.54) is 0 Å². The number of halogens is 9. The minimum Gasteiger partial charge on any atom is -0.267 e. The Labute approximate surface area is 143 Å². The summed E-state index contributed by atoms with van der Waals surface area (Å²) in [6.45, 7) is 0. The van der Waals surface area contributed by atoms with E-state index in [0.29, 0.717) is 0 Å². The van der Waals surface area contributed by atoms with Crippen LogP contribution in [0.3, 0.4) is 0 Å². The number of carbonyl (C=O) groups excluding carboxylic acids is 1. The van der Waals surface area contributed by atoms with Crippen molar-refractivity contribution in [2.24, 2.45) is 0 Å². The lowest BCUT2D eigenvalue weighted by Gasteiger charge is -2.33. The van der Waals surface area contributed by atoms with E-state index in [9.17, 15) is 52.7 Å². The lowest BCUT2D eigenvalue weighted by molar-refractivity contribution is -0.381. The molecule has 0 saturated carbocycles. The van der Waals surface area contributed by atoms with Gasteiger partial charge >= 0.3 is 23.3 Å². The Morgan fingerprint density at radius 1 is 0.846 bits per heavy atom. The van der Waals surface area contributed by atoms with Gasteiger partial charge in [0.25, 0.3) is 15.9 Å². The van der Waals surface area contributed by atoms with E-state index in [0.717, 1.165) is 24.3 Å². The highest BCUT2D eigenvalue weighted by Gasteiger charge is 2.83. The maximum Gasteiger partial charge on any atom is 0.460 e. The molecule has 1 aromatic carbocycles. The molecule has 1 heterocycles. The number of fused-ring (bicyclic) bond motifs is 1. The molecule has 0 spiro atoms. The summed E-state index contributed by atoms with van der Waals surface area (Å²) in [7, 11) is -5.16. The molecule has 1 aromatic rings. The summed E-state index contributed by atoms with van der Waals surface area (Å²) in [6, 6.07) is 3.69. The molecule has 0 atom stereocenters. The van der Waals surface area contributed by atoms with Gasteiger partial charge in [0.2, 0.25) is 0 Å². The molecule has 2 rings (SSSR count). The van der Waals surface area contributed by atoms with Crippen molar-refractivity contribution in [2.75, 3.05) is 0 Å². The number of hydrogen-bond donors (Lipinski definition) is 0. The number of sulfonamides is 1. The molecule has 4 nitrogen and oxygen atoms in total. The molecule has 0 fully saturated rings. The number of carbonyl (C=O) groups is 1. The molecule has 0 saturated heterocycles. The Morgan fingerprint density at radius 3 is 1.81 bits per heavy atom. The Kier molecular flexibility index (Phi) is 4.51. The first-order valence-electron chi connectivity index (χ1n) is 6.06. The lowest BCUT2D eigenvalue weighted by atomic mass is 10.1. The molecular weight excluding hydrogens is 429 g/mol. The van der Waals surface area contributed by atoms with Crippen molar-refractivity contribution in [3.05, 3.63) is 29.8 Å². The molecule has 26 heavy (non-hydrogen) atoms. The van der Waals surface area contributed by atoms with E-state index in [1.54, 1.807) is 0 Å². The number of rotatable bonds is 4. The van der Waals surface area contributed by atoms with Crippen LogP contribution >= 0.6 is 11.9 Å². The van der Waals surface area contributed by atoms with Gasteiger partial charge in [-0.15, -0.1) is 0 Å². The van der Waals surface area contributed by atoms with Gasteiger partial charge in [0.15, 0.2) is 0 Å². The van der Waals surface area contributed by atoms with E-state index in [1.807, 2.05) is 0 Å². The van der Waals surface area contributed by atoms with E-state index in [2.05, 4.69) is 0 Å². The fourth-order valence-electron chi connectivity index (χ4n) is 1.78. The van der Waals surface area contributed by atoms with E-state index in [4.69, 9.17) is 0 Å². The summed E-state index contributed by atoms with van der Waals surface area (Å²) in [4.78, 5) is 10.9. The maximum atomic E-state index is 13.6. The molecule has 0 unspecified atom stereocenters. The van der Waals surface area contributed by atoms with Gasteiger partial charge in [-0.05, 0) is 12.1 Å². The molecule has 0 N–H and O–H groups in total. The number of alkyl halides is 9. The Balaban J connectivity index is 2.46. The first-order valence-corrected chi connectivity index (χ1v) is 8.28. The predicted octanol–water partition coefficient (Wildman–Crippen LogP) is 3.91. The van der Waals surface area contributed by atoms with Gasteiger partial charge in [-0.2, -0.15) is 43.2 Å². The van der Waals surface area contributed by atoms with Crippen molar-refractivity contribution in [3.8, 4) is 0 Å². The van der Waals surface area contributed by atoms with E-state index < -0.39 is 65.3 Å². The topological polar surface area (TPSA) is 54.5 Å². The zero-order chi connectivity index (χ0) is 20.3. The van der Waals surface area contributed by atoms with Crippen molar-refractivity contribution in [2.45, 2.75) is 28.2 Å². The highest BCUT2D eigenvalue weighted by Crippen LogP contribution is 2.58. The highest BCUT2D eigenvalue weighted by molar-refractivity contribution is 8.10. The van der Waals surface area contributed by atoms with Crippen LogP contribution in [-0.2, 0) is 10.0 Å². The molecule has 0 aliphatic carbocycles. The molecule has 0 radical (unpaired) electrons. The second-order valence-corrected chi connectivity index (χ2v) is 7.83. The fourth-order valence-corrected chi connectivity index (χ4v) is 4.50. The first-order chi connectivity index (χ1) is 11.5. The molecule has 1 aliphatic rings. The van der Waals surface area contributed by atoms with Crippen LogP contribution in [0, 0.1) is 0 Å². The molecule has 15 heteroatoms. The predicted molar refractivity (Wildman–Crippen MR) is 68.3 cm³/mol. The molecule has 146 valence electrons. The average Bonchev–Trinajstić information content (AvgIpc) is 2.67. The summed E-state index contributed by atoms with van der Waals surface area (Å²) in [6.07, 6.45) is -7.06. The normalized spacial score (nSPS) is 18.2. The van der Waals surface area contributed by atoms with Crippen LogP contribution in [0.4, 0.5) is 39.5 Å². The minimum atomic E-state index is -7.20. The van der Waals surface area contributed by atoms with E-state index >= 15 is 0 Å². The fraction of sp³-hybridized carbons (Fsp3) is 0.364. The second-order valence-electron chi connectivity index (χ2n) is 4.79. The van der Waals surface area contributed by atoms with Crippen LogP contribution < -0.4 is 0 Å². The van der Waals surface area contributed by atoms with Crippen LogP contribution in [0.5, 0.6) is 0 Å². The molecular formula is C11H4F9NO3S2. The standard InChI is InChI=1S/C11H4F9NO3S2/c12-8(13,10(16,17)18)9(14,15)11(19,20)25-21-7(22)5-3-1-2-4-6(5)26(21,23)24/h1-4H. The zero-order valence-electron chi connectivity index (χ0n) is 11.7. The molecule has 1 amide bonds. The molecule has 1 aliphatic heterocycles. The van der Waals surface area contributed by atoms with Crippen molar-refractivity contribution in [3.63, 3.8) is 0 Å². The van der Waals surface area contributed by atoms with Crippen LogP contribution in [0.2, 0.25) is 0 Å². The molecule has 0 bridgehead atoms. The Bertz CT molecular complexity index is 851. The highest BCUT2D eigenvalue weighted by atomic mass is 32.3. The molecule has 0 aromatic heterocycles. The third kappa shape index (κ3) is 2.71. The smallest absolute Gasteiger partial charge is 0.267 e. The first kappa shape index (κ1) is 20.7. The van der Waals surface area contributed by atoms with Gasteiger partial charge in [-0.25, -0.2) is 8.42 Å². The van der Waals surface area contributed by atoms with Crippen LogP contribution in [0.25, 0.3) is 0 Å². The van der Waals surface area contributed by atoms with Gasteiger partial charge in [0.05, 0.1) is 17.5 Å². The summed E-state index contributed by atoms with van der Waals surface area (Å²) in [5.74, 6) is -16.1. The second kappa shape index (κ2) is 5.68. The van der Waals surface area contributed by atoms with Crippen molar-refractivity contribution in [1.29, 1.82) is 0 Å². The zero-order valence-corrected chi connectivity index (χ0v) is 13.3. The van der Waals surface area contributed by atoms with Crippen molar-refractivity contribution >= 4 is 27.9 Å². The monoisotopic (exact) mass is 433 g/mol. The van der Waals surface area contributed by atoms with Crippen LogP contribution in [0.1, 0.15) is 10.4 Å². The summed E-state index contributed by atoms with van der Waals surface area (Å²) in [5, 5.41) is -6.31. The number of nitrogens with zero attached hydrogens (tertiary/aromatic N) is 1. The Morgan fingerprint density at radius 2 is 1.35 bits per heavy atom. The third-order valence-electron chi connectivity index (χ3n) is 3.09. The third-order valence-corrected chi connectivity index (χ3v) is 6.24. The van der Waals surface area contributed by atoms with Gasteiger partial charge in [-0.1, -0.05) is 12.1 Å².